The number of hydrogen-bond donors (Lipinski definition) is 1. The average molecular weight is 331 g/mol. The maximum absolute atomic E-state index is 11.7. The van der Waals surface area contributed by atoms with Crippen LogP contribution in [0, 0.1) is 20.2 Å². The number of non-ortho nitro benzene ring substituents is 1. The topological polar surface area (TPSA) is 139 Å². The SMILES string of the molecule is CCOC(=O)c1ccc(-c2ccc([N+](=O)[O-])cc2[N+](=O)[O-])cc1N. The predicted molar refractivity (Wildman–Crippen MR) is 85.6 cm³/mol. The van der Waals surface area contributed by atoms with Crippen molar-refractivity contribution < 1.29 is 19.4 Å². The molecule has 24 heavy (non-hydrogen) atoms. The van der Waals surface area contributed by atoms with Crippen molar-refractivity contribution in [2.24, 2.45) is 0 Å². The number of benzene rings is 2. The van der Waals surface area contributed by atoms with Gasteiger partial charge < -0.3 is 10.5 Å². The molecule has 2 N–H and O–H groups in total. The zero-order chi connectivity index (χ0) is 17.9. The fourth-order valence-electron chi connectivity index (χ4n) is 2.15. The number of ether oxygens (including phenoxy) is 1. The van der Waals surface area contributed by atoms with Gasteiger partial charge in [0, 0.05) is 11.8 Å². The van der Waals surface area contributed by atoms with Crippen LogP contribution in [0.4, 0.5) is 17.1 Å². The number of nitrogen functional groups attached to an aromatic ring is 1. The lowest BCUT2D eigenvalue weighted by Gasteiger charge is -2.08. The van der Waals surface area contributed by atoms with E-state index in [4.69, 9.17) is 10.5 Å². The van der Waals surface area contributed by atoms with Crippen LogP contribution in [0.15, 0.2) is 36.4 Å². The molecule has 0 saturated carbocycles. The van der Waals surface area contributed by atoms with Crippen LogP contribution in [0.25, 0.3) is 11.1 Å². The summed E-state index contributed by atoms with van der Waals surface area (Å²) in [5.41, 5.74) is 5.77. The first-order chi connectivity index (χ1) is 11.3. The Kier molecular flexibility index (Phi) is 4.73. The number of carbonyl (C=O) groups is 1. The Hall–Kier alpha value is -3.49. The van der Waals surface area contributed by atoms with E-state index in [0.717, 1.165) is 12.1 Å². The molecule has 0 atom stereocenters. The fraction of sp³-hybridized carbons (Fsp3) is 0.133. The summed E-state index contributed by atoms with van der Waals surface area (Å²) in [7, 11) is 0. The number of rotatable bonds is 5. The lowest BCUT2D eigenvalue weighted by molar-refractivity contribution is -0.393. The number of nitro benzene ring substituents is 2. The molecule has 2 aromatic carbocycles. The number of carbonyl (C=O) groups excluding carboxylic acids is 1. The second kappa shape index (κ2) is 6.73. The normalized spacial score (nSPS) is 10.2. The minimum atomic E-state index is -0.713. The molecule has 0 fully saturated rings. The van der Waals surface area contributed by atoms with E-state index in [0.29, 0.717) is 5.56 Å². The molecule has 0 radical (unpaired) electrons. The van der Waals surface area contributed by atoms with Crippen molar-refractivity contribution in [2.75, 3.05) is 12.3 Å². The summed E-state index contributed by atoms with van der Waals surface area (Å²) in [5, 5.41) is 22.0. The summed E-state index contributed by atoms with van der Waals surface area (Å²) < 4.78 is 4.86. The third-order valence-electron chi connectivity index (χ3n) is 3.25. The van der Waals surface area contributed by atoms with E-state index in [-0.39, 0.29) is 29.1 Å². The lowest BCUT2D eigenvalue weighted by atomic mass is 10.0. The Balaban J connectivity index is 2.52. The van der Waals surface area contributed by atoms with Gasteiger partial charge >= 0.3 is 5.97 Å². The van der Waals surface area contributed by atoms with Crippen molar-refractivity contribution in [2.45, 2.75) is 6.92 Å². The van der Waals surface area contributed by atoms with Crippen LogP contribution in [0.3, 0.4) is 0 Å². The van der Waals surface area contributed by atoms with Crippen LogP contribution in [0.5, 0.6) is 0 Å². The summed E-state index contributed by atoms with van der Waals surface area (Å²) in [5.74, 6) is -0.597. The second-order valence-corrected chi connectivity index (χ2v) is 4.74. The van der Waals surface area contributed by atoms with Crippen molar-refractivity contribution in [1.29, 1.82) is 0 Å². The van der Waals surface area contributed by atoms with E-state index in [1.165, 1.54) is 24.3 Å². The molecular formula is C15H13N3O6. The average Bonchev–Trinajstić information content (AvgIpc) is 2.54. The van der Waals surface area contributed by atoms with Crippen molar-refractivity contribution in [3.8, 4) is 11.1 Å². The summed E-state index contributed by atoms with van der Waals surface area (Å²) in [4.78, 5) is 32.3. The van der Waals surface area contributed by atoms with Gasteiger partial charge in [-0.3, -0.25) is 20.2 Å². The number of nitrogens with zero attached hydrogens (tertiary/aromatic N) is 2. The molecule has 0 saturated heterocycles. The molecule has 2 aromatic rings. The first kappa shape index (κ1) is 16.9. The first-order valence-electron chi connectivity index (χ1n) is 6.85. The van der Waals surface area contributed by atoms with Crippen LogP contribution in [-0.4, -0.2) is 22.4 Å². The predicted octanol–water partition coefficient (Wildman–Crippen LogP) is 2.93. The molecule has 0 aromatic heterocycles. The van der Waals surface area contributed by atoms with Gasteiger partial charge in [-0.15, -0.1) is 0 Å². The maximum Gasteiger partial charge on any atom is 0.340 e. The Bertz CT molecular complexity index is 834. The van der Waals surface area contributed by atoms with Crippen LogP contribution < -0.4 is 5.73 Å². The lowest BCUT2D eigenvalue weighted by Crippen LogP contribution is -2.08. The van der Waals surface area contributed by atoms with E-state index in [1.807, 2.05) is 0 Å². The minimum absolute atomic E-state index is 0.0959. The van der Waals surface area contributed by atoms with E-state index in [9.17, 15) is 25.0 Å². The quantitative estimate of drug-likeness (QED) is 0.384. The molecular weight excluding hydrogens is 318 g/mol. The fourth-order valence-corrected chi connectivity index (χ4v) is 2.15. The van der Waals surface area contributed by atoms with Crippen molar-refractivity contribution in [3.05, 3.63) is 62.2 Å². The highest BCUT2D eigenvalue weighted by Gasteiger charge is 2.21. The molecule has 124 valence electrons. The first-order valence-corrected chi connectivity index (χ1v) is 6.85. The van der Waals surface area contributed by atoms with Crippen LogP contribution >= 0.6 is 0 Å². The van der Waals surface area contributed by atoms with E-state index >= 15 is 0 Å². The monoisotopic (exact) mass is 331 g/mol. The largest absolute Gasteiger partial charge is 0.462 e. The Morgan fingerprint density at radius 3 is 2.38 bits per heavy atom. The number of esters is 1. The molecule has 0 bridgehead atoms. The summed E-state index contributed by atoms with van der Waals surface area (Å²) >= 11 is 0. The molecule has 9 heteroatoms. The molecule has 0 unspecified atom stereocenters. The van der Waals surface area contributed by atoms with Gasteiger partial charge in [-0.05, 0) is 30.7 Å². The van der Waals surface area contributed by atoms with Gasteiger partial charge in [-0.2, -0.15) is 0 Å². The molecule has 0 spiro atoms. The molecule has 0 aliphatic rings. The zero-order valence-corrected chi connectivity index (χ0v) is 12.6. The van der Waals surface area contributed by atoms with Crippen molar-refractivity contribution in [1.82, 2.24) is 0 Å². The van der Waals surface area contributed by atoms with Crippen molar-refractivity contribution in [3.63, 3.8) is 0 Å². The number of nitrogens with two attached hydrogens (primary N) is 1. The van der Waals surface area contributed by atoms with Crippen LogP contribution in [-0.2, 0) is 4.74 Å². The highest BCUT2D eigenvalue weighted by Crippen LogP contribution is 2.34. The number of nitro groups is 2. The van der Waals surface area contributed by atoms with Gasteiger partial charge in [0.25, 0.3) is 11.4 Å². The molecule has 0 heterocycles. The maximum atomic E-state index is 11.7. The summed E-state index contributed by atoms with van der Waals surface area (Å²) in [6, 6.07) is 7.57. The van der Waals surface area contributed by atoms with Gasteiger partial charge in [0.05, 0.1) is 33.6 Å². The number of anilines is 1. The third kappa shape index (κ3) is 3.29. The zero-order valence-electron chi connectivity index (χ0n) is 12.6. The van der Waals surface area contributed by atoms with E-state index in [2.05, 4.69) is 0 Å². The molecule has 2 rings (SSSR count). The van der Waals surface area contributed by atoms with E-state index < -0.39 is 21.5 Å². The summed E-state index contributed by atoms with van der Waals surface area (Å²) in [6.45, 7) is 1.84. The summed E-state index contributed by atoms with van der Waals surface area (Å²) in [6.07, 6.45) is 0. The van der Waals surface area contributed by atoms with Crippen LogP contribution in [0.2, 0.25) is 0 Å². The van der Waals surface area contributed by atoms with Gasteiger partial charge in [0.15, 0.2) is 0 Å². The molecule has 9 nitrogen and oxygen atoms in total. The second-order valence-electron chi connectivity index (χ2n) is 4.74. The molecule has 0 aliphatic heterocycles. The number of hydrogen-bond acceptors (Lipinski definition) is 7. The minimum Gasteiger partial charge on any atom is -0.462 e. The standard InChI is InChI=1S/C15H13N3O6/c1-2-24-15(19)12-5-3-9(7-13(12)16)11-6-4-10(17(20)21)8-14(11)18(22)23/h3-8H,2,16H2,1H3. The molecule has 0 aliphatic carbocycles. The van der Waals surface area contributed by atoms with E-state index in [1.54, 1.807) is 6.92 Å². The smallest absolute Gasteiger partial charge is 0.340 e. The molecule has 0 amide bonds. The van der Waals surface area contributed by atoms with Crippen LogP contribution in [0.1, 0.15) is 17.3 Å². The third-order valence-corrected chi connectivity index (χ3v) is 3.25. The van der Waals surface area contributed by atoms with Gasteiger partial charge in [-0.25, -0.2) is 4.79 Å². The Labute approximate surface area is 136 Å². The Morgan fingerprint density at radius 2 is 1.83 bits per heavy atom. The van der Waals surface area contributed by atoms with Gasteiger partial charge in [-0.1, -0.05) is 6.07 Å². The van der Waals surface area contributed by atoms with Gasteiger partial charge in [0.1, 0.15) is 0 Å². The van der Waals surface area contributed by atoms with Gasteiger partial charge in [0.2, 0.25) is 0 Å². The highest BCUT2D eigenvalue weighted by molar-refractivity contribution is 5.96. The highest BCUT2D eigenvalue weighted by atomic mass is 16.6. The van der Waals surface area contributed by atoms with Crippen molar-refractivity contribution >= 4 is 23.0 Å². The Morgan fingerprint density at radius 1 is 1.12 bits per heavy atom.